The average Bonchev–Trinajstić information content (AvgIpc) is 3.30. The fourth-order valence-corrected chi connectivity index (χ4v) is 4.10. The molecule has 1 amide bonds. The van der Waals surface area contributed by atoms with Crippen molar-refractivity contribution in [1.29, 1.82) is 0 Å². The van der Waals surface area contributed by atoms with Gasteiger partial charge in [-0.15, -0.1) is 0 Å². The van der Waals surface area contributed by atoms with Crippen molar-refractivity contribution in [2.45, 2.75) is 12.4 Å². The summed E-state index contributed by atoms with van der Waals surface area (Å²) in [4.78, 5) is 29.1. The van der Waals surface area contributed by atoms with Crippen LogP contribution in [0, 0.1) is 0 Å². The van der Waals surface area contributed by atoms with Crippen LogP contribution in [0.2, 0.25) is 0 Å². The number of hydrogen-bond donors (Lipinski definition) is 1. The number of allylic oxidation sites excluding steroid dienone is 1. The molecule has 5 rings (SSSR count). The van der Waals surface area contributed by atoms with E-state index in [0.29, 0.717) is 28.4 Å². The Kier molecular flexibility index (Phi) is 5.56. The number of ether oxygens (including phenoxy) is 1. The number of anilines is 2. The van der Waals surface area contributed by atoms with Gasteiger partial charge >= 0.3 is 12.4 Å². The summed E-state index contributed by atoms with van der Waals surface area (Å²) in [7, 11) is 0. The van der Waals surface area contributed by atoms with Crippen LogP contribution in [0.1, 0.15) is 27.3 Å². The van der Waals surface area contributed by atoms with Gasteiger partial charge in [0.2, 0.25) is 0 Å². The van der Waals surface area contributed by atoms with Crippen molar-refractivity contribution in [2.24, 2.45) is 0 Å². The highest BCUT2D eigenvalue weighted by molar-refractivity contribution is 6.05. The molecule has 0 radical (unpaired) electrons. The molecule has 8 nitrogen and oxygen atoms in total. The maximum Gasteiger partial charge on any atom is 0.434 e. The largest absolute Gasteiger partial charge is 0.490 e. The van der Waals surface area contributed by atoms with Gasteiger partial charge in [0, 0.05) is 17.4 Å². The third-order valence-electron chi connectivity index (χ3n) is 5.60. The Labute approximate surface area is 203 Å². The van der Waals surface area contributed by atoms with E-state index in [-0.39, 0.29) is 30.1 Å². The Hall–Kier alpha value is -4.58. The maximum atomic E-state index is 14.3. The molecule has 0 bridgehead atoms. The van der Waals surface area contributed by atoms with Gasteiger partial charge in [0.15, 0.2) is 11.6 Å². The van der Waals surface area contributed by atoms with Crippen LogP contribution in [0.4, 0.5) is 37.7 Å². The predicted octanol–water partition coefficient (Wildman–Crippen LogP) is 4.39. The minimum Gasteiger partial charge on any atom is -0.490 e. The molecule has 0 spiro atoms. The lowest BCUT2D eigenvalue weighted by atomic mass is 10.0. The van der Waals surface area contributed by atoms with Crippen LogP contribution in [-0.4, -0.2) is 39.8 Å². The van der Waals surface area contributed by atoms with Crippen molar-refractivity contribution in [3.05, 3.63) is 77.0 Å². The standard InChI is InChI=1S/C23H13F6N5O3/c24-22(25,26)18-8-12(4-5-30-18)32-21(36)15-10-31-34(20(15)23(27,28)29)16-9-13(11-35)33-6-7-37-17-3-1-2-14(16)19(17)33/h1-5,8-10H,6-7H2,(H,30,32,36). The first-order chi connectivity index (χ1) is 17.5. The number of carbonyl (C=O) groups is 1. The molecular weight excluding hydrogens is 508 g/mol. The lowest BCUT2D eigenvalue weighted by Crippen LogP contribution is -2.35. The molecule has 0 unspecified atom stereocenters. The van der Waals surface area contributed by atoms with Gasteiger partial charge in [-0.25, -0.2) is 9.48 Å². The molecule has 3 aromatic rings. The maximum absolute atomic E-state index is 14.3. The fourth-order valence-electron chi connectivity index (χ4n) is 4.10. The van der Waals surface area contributed by atoms with Crippen molar-refractivity contribution in [3.8, 4) is 5.75 Å². The van der Waals surface area contributed by atoms with Crippen LogP contribution in [-0.2, 0) is 17.1 Å². The molecule has 0 fully saturated rings. The van der Waals surface area contributed by atoms with Crippen molar-refractivity contribution in [2.75, 3.05) is 23.4 Å². The summed E-state index contributed by atoms with van der Waals surface area (Å²) in [5.74, 6) is 0.691. The Morgan fingerprint density at radius 2 is 1.89 bits per heavy atom. The van der Waals surface area contributed by atoms with E-state index in [0.717, 1.165) is 18.3 Å². The van der Waals surface area contributed by atoms with E-state index in [1.807, 2.05) is 5.32 Å². The number of nitrogens with one attached hydrogen (secondary N) is 1. The monoisotopic (exact) mass is 521 g/mol. The first kappa shape index (κ1) is 24.1. The average molecular weight is 521 g/mol. The fraction of sp³-hybridized carbons (Fsp3) is 0.174. The molecule has 14 heteroatoms. The number of hydrogen-bond acceptors (Lipinski definition) is 6. The highest BCUT2D eigenvalue weighted by Gasteiger charge is 2.42. The van der Waals surface area contributed by atoms with Crippen LogP contribution in [0.5, 0.6) is 5.75 Å². The van der Waals surface area contributed by atoms with Crippen molar-refractivity contribution in [1.82, 2.24) is 14.8 Å². The second-order valence-electron chi connectivity index (χ2n) is 7.87. The number of benzene rings is 1. The summed E-state index contributed by atoms with van der Waals surface area (Å²) in [5, 5.41) is 5.79. The molecule has 2 aliphatic rings. The van der Waals surface area contributed by atoms with Crippen LogP contribution < -0.4 is 15.0 Å². The topological polar surface area (TPSA) is 89.3 Å². The van der Waals surface area contributed by atoms with Gasteiger partial charge in [-0.05, 0) is 24.3 Å². The van der Waals surface area contributed by atoms with E-state index in [9.17, 15) is 35.9 Å². The predicted molar refractivity (Wildman–Crippen MR) is 116 cm³/mol. The number of carbonyl (C=O) groups excluding carboxylic acids is 2. The zero-order chi connectivity index (χ0) is 26.5. The van der Waals surface area contributed by atoms with Gasteiger partial charge in [-0.3, -0.25) is 9.78 Å². The minimum atomic E-state index is -5.12. The number of amides is 1. The van der Waals surface area contributed by atoms with Crippen molar-refractivity contribution >= 4 is 28.9 Å². The Bertz CT molecular complexity index is 1500. The molecule has 2 aliphatic heterocycles. The van der Waals surface area contributed by atoms with E-state index in [1.165, 1.54) is 6.07 Å². The van der Waals surface area contributed by atoms with Crippen molar-refractivity contribution in [3.63, 3.8) is 0 Å². The summed E-state index contributed by atoms with van der Waals surface area (Å²) in [6, 6.07) is 6.14. The number of halogens is 6. The smallest absolute Gasteiger partial charge is 0.434 e. The number of alkyl halides is 6. The Balaban J connectivity index is 1.60. The van der Waals surface area contributed by atoms with Crippen LogP contribution in [0.25, 0.3) is 5.70 Å². The summed E-state index contributed by atoms with van der Waals surface area (Å²) in [6.45, 7) is 0.485. The van der Waals surface area contributed by atoms with E-state index < -0.39 is 40.9 Å². The quantitative estimate of drug-likeness (QED) is 0.407. The molecule has 4 heterocycles. The molecule has 1 aromatic carbocycles. The van der Waals surface area contributed by atoms with E-state index in [2.05, 4.69) is 10.1 Å². The Morgan fingerprint density at radius 3 is 2.59 bits per heavy atom. The van der Waals surface area contributed by atoms with Gasteiger partial charge in [-0.2, -0.15) is 31.4 Å². The second kappa shape index (κ2) is 8.52. The molecule has 0 saturated heterocycles. The molecular formula is C23H13F6N5O3. The second-order valence-corrected chi connectivity index (χ2v) is 7.87. The van der Waals surface area contributed by atoms with E-state index in [4.69, 9.17) is 4.74 Å². The van der Waals surface area contributed by atoms with E-state index in [1.54, 1.807) is 23.0 Å². The Morgan fingerprint density at radius 1 is 1.11 bits per heavy atom. The van der Waals surface area contributed by atoms with Gasteiger partial charge in [0.1, 0.15) is 23.7 Å². The van der Waals surface area contributed by atoms with Crippen LogP contribution in [0.15, 0.2) is 54.5 Å². The van der Waals surface area contributed by atoms with Gasteiger partial charge in [0.05, 0.1) is 29.7 Å². The molecule has 0 aliphatic carbocycles. The first-order valence-electron chi connectivity index (χ1n) is 10.5. The zero-order valence-electron chi connectivity index (χ0n) is 18.3. The number of pyridine rings is 1. The summed E-state index contributed by atoms with van der Waals surface area (Å²) < 4.78 is 87.6. The number of para-hydroxylation sites is 1. The molecule has 1 N–H and O–H groups in total. The zero-order valence-corrected chi connectivity index (χ0v) is 18.3. The molecule has 37 heavy (non-hydrogen) atoms. The lowest BCUT2D eigenvalue weighted by molar-refractivity contribution is -0.143. The van der Waals surface area contributed by atoms with Gasteiger partial charge < -0.3 is 15.0 Å². The molecule has 190 valence electrons. The van der Waals surface area contributed by atoms with Crippen LogP contribution >= 0.6 is 0 Å². The number of aromatic nitrogens is 3. The third kappa shape index (κ3) is 4.20. The minimum absolute atomic E-state index is 0.0654. The molecule has 0 saturated carbocycles. The number of rotatable bonds is 3. The number of nitrogens with zero attached hydrogens (tertiary/aromatic N) is 4. The normalized spacial score (nSPS) is 14.9. The summed E-state index contributed by atoms with van der Waals surface area (Å²) in [5.41, 5.74) is -3.83. The van der Waals surface area contributed by atoms with E-state index >= 15 is 0 Å². The lowest BCUT2D eigenvalue weighted by Gasteiger charge is -2.35. The molecule has 0 atom stereocenters. The van der Waals surface area contributed by atoms with Crippen LogP contribution in [0.3, 0.4) is 0 Å². The first-order valence-corrected chi connectivity index (χ1v) is 10.5. The third-order valence-corrected chi connectivity index (χ3v) is 5.60. The molecule has 2 aromatic heterocycles. The van der Waals surface area contributed by atoms with Gasteiger partial charge in [-0.1, -0.05) is 12.1 Å². The highest BCUT2D eigenvalue weighted by Crippen LogP contribution is 2.45. The summed E-state index contributed by atoms with van der Waals surface area (Å²) in [6.07, 6.45) is -7.38. The van der Waals surface area contributed by atoms with Crippen molar-refractivity contribution < 1.29 is 40.7 Å². The van der Waals surface area contributed by atoms with Gasteiger partial charge in [0.25, 0.3) is 5.91 Å². The highest BCUT2D eigenvalue weighted by atomic mass is 19.4. The summed E-state index contributed by atoms with van der Waals surface area (Å²) >= 11 is 0. The SMILES string of the molecule is O=C=C1C=C(n2ncc(C(=O)Nc3ccnc(C(F)(F)F)c3)c2C(F)(F)F)c2cccc3c2N1CCO3.